The van der Waals surface area contributed by atoms with Gasteiger partial charge in [0.2, 0.25) is 0 Å². The number of benzene rings is 2. The zero-order valence-corrected chi connectivity index (χ0v) is 16.4. The van der Waals surface area contributed by atoms with Gasteiger partial charge in [-0.1, -0.05) is 34.1 Å². The summed E-state index contributed by atoms with van der Waals surface area (Å²) in [5, 5.41) is 0. The first kappa shape index (κ1) is 19.9. The predicted molar refractivity (Wildman–Crippen MR) is 103 cm³/mol. The minimum atomic E-state index is -2.74. The van der Waals surface area contributed by atoms with Gasteiger partial charge < -0.3 is 4.90 Å². The Hall–Kier alpha value is -2.87. The second-order valence-corrected chi connectivity index (χ2v) is 6.99. The first-order chi connectivity index (χ1) is 13.4. The molecule has 0 saturated heterocycles. The maximum Gasteiger partial charge on any atom is 0.319 e. The molecule has 8 heteroatoms. The quantitative estimate of drug-likeness (QED) is 0.521. The molecule has 0 radical (unpaired) electrons. The third-order valence-electron chi connectivity index (χ3n) is 4.19. The van der Waals surface area contributed by atoms with Crippen LogP contribution in [0.25, 0.3) is 0 Å². The third kappa shape index (κ3) is 4.17. The summed E-state index contributed by atoms with van der Waals surface area (Å²) >= 11 is 3.32. The number of amides is 1. The second-order valence-electron chi connectivity index (χ2n) is 6.07. The van der Waals surface area contributed by atoms with Crippen molar-refractivity contribution >= 4 is 27.6 Å². The Morgan fingerprint density at radius 2 is 1.75 bits per heavy atom. The van der Waals surface area contributed by atoms with Gasteiger partial charge in [-0.3, -0.25) is 14.2 Å². The number of carbonyl (C=O) groups excluding carboxylic acids is 2. The number of rotatable bonds is 6. The highest BCUT2D eigenvalue weighted by atomic mass is 79.9. The molecule has 3 aromatic rings. The zero-order valence-electron chi connectivity index (χ0n) is 14.8. The lowest BCUT2D eigenvalue weighted by molar-refractivity contribution is 0.0612. The minimum absolute atomic E-state index is 0.0579. The topological polar surface area (TPSA) is 55.2 Å². The Morgan fingerprint density at radius 3 is 2.39 bits per heavy atom. The molecule has 1 amide bonds. The Labute approximate surface area is 168 Å². The van der Waals surface area contributed by atoms with Crippen molar-refractivity contribution in [3.8, 4) is 0 Å². The van der Waals surface area contributed by atoms with Gasteiger partial charge in [0.05, 0.1) is 12.1 Å². The maximum atomic E-state index is 13.0. The molecule has 0 atom stereocenters. The van der Waals surface area contributed by atoms with E-state index in [1.54, 1.807) is 48.5 Å². The van der Waals surface area contributed by atoms with E-state index >= 15 is 0 Å². The summed E-state index contributed by atoms with van der Waals surface area (Å²) in [4.78, 5) is 30.9. The van der Waals surface area contributed by atoms with Gasteiger partial charge in [0.15, 0.2) is 5.78 Å². The van der Waals surface area contributed by atoms with Gasteiger partial charge in [0, 0.05) is 35.0 Å². The molecule has 0 aliphatic carbocycles. The summed E-state index contributed by atoms with van der Waals surface area (Å²) < 4.78 is 27.5. The van der Waals surface area contributed by atoms with Gasteiger partial charge >= 0.3 is 6.55 Å². The molecule has 28 heavy (non-hydrogen) atoms. The van der Waals surface area contributed by atoms with Crippen molar-refractivity contribution in [1.82, 2.24) is 14.5 Å². The molecule has 0 spiro atoms. The van der Waals surface area contributed by atoms with E-state index in [1.165, 1.54) is 18.1 Å². The van der Waals surface area contributed by atoms with Crippen LogP contribution in [0.2, 0.25) is 0 Å². The monoisotopic (exact) mass is 447 g/mol. The van der Waals surface area contributed by atoms with E-state index in [-0.39, 0.29) is 29.3 Å². The van der Waals surface area contributed by atoms with Crippen molar-refractivity contribution < 1.29 is 18.4 Å². The number of hydrogen-bond acceptors (Lipinski definition) is 3. The Bertz CT molecular complexity index is 1000. The average Bonchev–Trinajstić information content (AvgIpc) is 3.16. The molecule has 0 aliphatic heterocycles. The molecule has 0 fully saturated rings. The molecule has 5 nitrogen and oxygen atoms in total. The number of imidazole rings is 1. The second kappa shape index (κ2) is 8.43. The molecule has 0 bridgehead atoms. The van der Waals surface area contributed by atoms with E-state index in [0.29, 0.717) is 10.1 Å². The fourth-order valence-electron chi connectivity index (χ4n) is 2.76. The van der Waals surface area contributed by atoms with E-state index in [2.05, 4.69) is 20.9 Å². The Morgan fingerprint density at radius 1 is 1.11 bits per heavy atom. The lowest BCUT2D eigenvalue weighted by Gasteiger charge is -2.19. The van der Waals surface area contributed by atoms with Crippen LogP contribution in [0.4, 0.5) is 8.78 Å². The highest BCUT2D eigenvalue weighted by Gasteiger charge is 2.22. The Balaban J connectivity index is 1.87. The summed E-state index contributed by atoms with van der Waals surface area (Å²) in [5.41, 5.74) is 0.895. The number of hydrogen-bond donors (Lipinski definition) is 0. The van der Waals surface area contributed by atoms with E-state index in [0.717, 1.165) is 10.7 Å². The molecule has 144 valence electrons. The van der Waals surface area contributed by atoms with Crippen LogP contribution in [0, 0.1) is 0 Å². The predicted octanol–water partition coefficient (Wildman–Crippen LogP) is 4.54. The van der Waals surface area contributed by atoms with Crippen molar-refractivity contribution in [2.75, 3.05) is 7.05 Å². The van der Waals surface area contributed by atoms with Gasteiger partial charge in [0.25, 0.3) is 5.91 Å². The van der Waals surface area contributed by atoms with Crippen molar-refractivity contribution in [2.45, 2.75) is 13.1 Å². The number of alkyl halides is 2. The lowest BCUT2D eigenvalue weighted by atomic mass is 9.97. The molecule has 2 aromatic carbocycles. The summed E-state index contributed by atoms with van der Waals surface area (Å²) in [7, 11) is 1.48. The van der Waals surface area contributed by atoms with E-state index < -0.39 is 12.5 Å². The van der Waals surface area contributed by atoms with Crippen LogP contribution in [-0.4, -0.2) is 33.2 Å². The van der Waals surface area contributed by atoms with Crippen molar-refractivity contribution in [3.63, 3.8) is 0 Å². The number of ketones is 1. The van der Waals surface area contributed by atoms with Crippen LogP contribution >= 0.6 is 15.9 Å². The molecular weight excluding hydrogens is 432 g/mol. The number of aromatic nitrogens is 2. The summed E-state index contributed by atoms with van der Waals surface area (Å²) in [6.45, 7) is -2.86. The van der Waals surface area contributed by atoms with E-state index in [4.69, 9.17) is 0 Å². The molecule has 0 saturated carbocycles. The van der Waals surface area contributed by atoms with Crippen molar-refractivity contribution in [3.05, 3.63) is 87.9 Å². The van der Waals surface area contributed by atoms with Crippen molar-refractivity contribution in [2.24, 2.45) is 0 Å². The van der Waals surface area contributed by atoms with Crippen LogP contribution in [0.15, 0.2) is 65.4 Å². The largest absolute Gasteiger partial charge is 0.334 e. The number of nitrogens with zero attached hydrogens (tertiary/aromatic N) is 3. The summed E-state index contributed by atoms with van der Waals surface area (Å²) in [5.74, 6) is -0.689. The zero-order chi connectivity index (χ0) is 20.3. The van der Waals surface area contributed by atoms with E-state index in [9.17, 15) is 18.4 Å². The highest BCUT2D eigenvalue weighted by Crippen LogP contribution is 2.20. The molecule has 1 heterocycles. The fraction of sp³-hybridized carbons (Fsp3) is 0.150. The van der Waals surface area contributed by atoms with Gasteiger partial charge in [-0.25, -0.2) is 4.98 Å². The molecule has 0 aliphatic rings. The van der Waals surface area contributed by atoms with Crippen LogP contribution < -0.4 is 0 Å². The molecule has 0 unspecified atom stereocenters. The maximum absolute atomic E-state index is 13.0. The normalized spacial score (nSPS) is 10.9. The molecular formula is C20H16BrF2N3O2. The number of carbonyl (C=O) groups is 2. The minimum Gasteiger partial charge on any atom is -0.334 e. The fourth-order valence-corrected chi connectivity index (χ4v) is 3.02. The van der Waals surface area contributed by atoms with Gasteiger partial charge in [0.1, 0.15) is 5.82 Å². The van der Waals surface area contributed by atoms with E-state index in [1.807, 2.05) is 0 Å². The first-order valence-electron chi connectivity index (χ1n) is 8.33. The lowest BCUT2D eigenvalue weighted by Crippen LogP contribution is -2.29. The SMILES string of the molecule is CN(Cc1nccn1C(F)F)C(=O)c1ccccc1C(=O)c1ccc(Br)cc1. The summed E-state index contributed by atoms with van der Waals surface area (Å²) in [6, 6.07) is 13.3. The Kier molecular flexibility index (Phi) is 5.99. The van der Waals surface area contributed by atoms with Gasteiger partial charge in [-0.15, -0.1) is 0 Å². The van der Waals surface area contributed by atoms with Gasteiger partial charge in [-0.05, 0) is 30.3 Å². The van der Waals surface area contributed by atoms with Crippen LogP contribution in [0.1, 0.15) is 38.7 Å². The third-order valence-corrected chi connectivity index (χ3v) is 4.72. The van der Waals surface area contributed by atoms with Crippen LogP contribution in [-0.2, 0) is 6.54 Å². The summed E-state index contributed by atoms with van der Waals surface area (Å²) in [6.07, 6.45) is 2.41. The first-order valence-corrected chi connectivity index (χ1v) is 9.12. The van der Waals surface area contributed by atoms with Crippen LogP contribution in [0.5, 0.6) is 0 Å². The highest BCUT2D eigenvalue weighted by molar-refractivity contribution is 9.10. The van der Waals surface area contributed by atoms with Crippen molar-refractivity contribution in [1.29, 1.82) is 0 Å². The van der Waals surface area contributed by atoms with Gasteiger partial charge in [-0.2, -0.15) is 8.78 Å². The molecule has 0 N–H and O–H groups in total. The average molecular weight is 448 g/mol. The number of halogens is 3. The molecule has 1 aromatic heterocycles. The standard InChI is InChI=1S/C20H16BrF2N3O2/c1-25(12-17-24-10-11-26(17)20(22)23)19(28)16-5-3-2-4-15(16)18(27)13-6-8-14(21)9-7-13/h2-11,20H,12H2,1H3. The van der Waals surface area contributed by atoms with Crippen LogP contribution in [0.3, 0.4) is 0 Å². The molecule has 3 rings (SSSR count). The smallest absolute Gasteiger partial charge is 0.319 e.